The molecule has 1 aromatic heterocycles. The van der Waals surface area contributed by atoms with Crippen molar-refractivity contribution in [3.8, 4) is 11.5 Å². The van der Waals surface area contributed by atoms with E-state index in [4.69, 9.17) is 14.3 Å². The highest BCUT2D eigenvalue weighted by Crippen LogP contribution is 2.38. The van der Waals surface area contributed by atoms with Crippen LogP contribution in [0.15, 0.2) is 56.8 Å². The van der Waals surface area contributed by atoms with Crippen molar-refractivity contribution >= 4 is 65.8 Å². The molecule has 0 fully saturated rings. The van der Waals surface area contributed by atoms with Gasteiger partial charge in [-0.05, 0) is 63.6 Å². The van der Waals surface area contributed by atoms with E-state index in [1.54, 1.807) is 24.5 Å². The summed E-state index contributed by atoms with van der Waals surface area (Å²) in [5.41, 5.74) is 1.22. The van der Waals surface area contributed by atoms with E-state index in [9.17, 15) is 13.2 Å². The van der Waals surface area contributed by atoms with Crippen LogP contribution in [0.2, 0.25) is 0 Å². The van der Waals surface area contributed by atoms with Crippen LogP contribution in [0, 0.1) is 5.41 Å². The highest BCUT2D eigenvalue weighted by molar-refractivity contribution is 9.10. The Labute approximate surface area is 195 Å². The lowest BCUT2D eigenvalue weighted by atomic mass is 10.1. The zero-order valence-corrected chi connectivity index (χ0v) is 19.8. The van der Waals surface area contributed by atoms with Gasteiger partial charge >= 0.3 is 10.1 Å². The Morgan fingerprint density at radius 3 is 2.75 bits per heavy atom. The van der Waals surface area contributed by atoms with Gasteiger partial charge in [0.2, 0.25) is 5.17 Å². The molecule has 10 nitrogen and oxygen atoms in total. The predicted molar refractivity (Wildman–Crippen MR) is 125 cm³/mol. The lowest BCUT2D eigenvalue weighted by molar-refractivity contribution is -0.114. The largest absolute Gasteiger partial charge is 0.493 e. The standard InChI is InChI=1S/C19H14BrN5O5S2/c1-29-14-8-10(7-13(20)15(14)30-32(2,27)28)6-12-16(21)25-19(23-17(12)26)31-18(24-25)11-4-3-5-22-9-11/h3-9,21H,1-2H3/b12-6-,21-16?. The molecular formula is C19H14BrN5O5S2. The topological polar surface area (TPSA) is 134 Å². The molecule has 3 heterocycles. The fourth-order valence-corrected chi connectivity index (χ4v) is 4.82. The number of ether oxygens (including phenoxy) is 1. The molecule has 0 unspecified atom stereocenters. The van der Waals surface area contributed by atoms with Gasteiger partial charge in [-0.3, -0.25) is 15.2 Å². The van der Waals surface area contributed by atoms with Gasteiger partial charge in [0, 0.05) is 18.0 Å². The van der Waals surface area contributed by atoms with Crippen LogP contribution in [-0.4, -0.2) is 53.7 Å². The van der Waals surface area contributed by atoms with Gasteiger partial charge in [0.15, 0.2) is 17.3 Å². The normalized spacial score (nSPS) is 17.2. The zero-order chi connectivity index (χ0) is 23.0. The average molecular weight is 536 g/mol. The van der Waals surface area contributed by atoms with Gasteiger partial charge in [0.1, 0.15) is 5.04 Å². The summed E-state index contributed by atoms with van der Waals surface area (Å²) in [4.78, 5) is 20.8. The Bertz CT molecular complexity index is 1340. The number of hydrogen-bond donors (Lipinski definition) is 1. The van der Waals surface area contributed by atoms with E-state index in [1.807, 2.05) is 6.07 Å². The van der Waals surface area contributed by atoms with Crippen molar-refractivity contribution in [3.05, 3.63) is 57.8 Å². The molecule has 2 aliphatic heterocycles. The number of hydrogen-bond acceptors (Lipinski definition) is 9. The van der Waals surface area contributed by atoms with E-state index in [-0.39, 0.29) is 28.1 Å². The third-order valence-corrected chi connectivity index (χ3v) is 6.18. The minimum absolute atomic E-state index is 0.0104. The molecule has 0 atom stereocenters. The van der Waals surface area contributed by atoms with Gasteiger partial charge in [-0.15, -0.1) is 0 Å². The number of hydrazone groups is 1. The number of carbonyl (C=O) groups excluding carboxylic acids is 1. The summed E-state index contributed by atoms with van der Waals surface area (Å²) >= 11 is 4.43. The van der Waals surface area contributed by atoms with Crippen molar-refractivity contribution in [1.82, 2.24) is 9.99 Å². The van der Waals surface area contributed by atoms with Crippen molar-refractivity contribution in [3.63, 3.8) is 0 Å². The first kappa shape index (κ1) is 22.2. The average Bonchev–Trinajstić information content (AvgIpc) is 3.17. The van der Waals surface area contributed by atoms with Crippen LogP contribution < -0.4 is 8.92 Å². The number of methoxy groups -OCH3 is 1. The van der Waals surface area contributed by atoms with Crippen LogP contribution >= 0.6 is 27.7 Å². The summed E-state index contributed by atoms with van der Waals surface area (Å²) in [6.45, 7) is 0. The number of nitrogens with one attached hydrogen (secondary N) is 1. The first-order chi connectivity index (χ1) is 15.2. The fourth-order valence-electron chi connectivity index (χ4n) is 2.82. The third-order valence-electron chi connectivity index (χ3n) is 4.16. The molecule has 0 spiro atoms. The summed E-state index contributed by atoms with van der Waals surface area (Å²) in [6.07, 6.45) is 5.64. The summed E-state index contributed by atoms with van der Waals surface area (Å²) in [6, 6.07) is 6.62. The molecule has 0 radical (unpaired) electrons. The Morgan fingerprint density at radius 1 is 1.31 bits per heavy atom. The van der Waals surface area contributed by atoms with E-state index in [1.165, 1.54) is 36.0 Å². The molecule has 2 aromatic rings. The van der Waals surface area contributed by atoms with Gasteiger partial charge in [0.05, 0.1) is 23.4 Å². The molecule has 0 saturated heterocycles. The summed E-state index contributed by atoms with van der Waals surface area (Å²) in [7, 11) is -2.43. The van der Waals surface area contributed by atoms with Crippen LogP contribution in [0.1, 0.15) is 11.1 Å². The maximum Gasteiger partial charge on any atom is 0.306 e. The Kier molecular flexibility index (Phi) is 5.88. The molecule has 0 bridgehead atoms. The molecule has 13 heteroatoms. The fraction of sp³-hybridized carbons (Fsp3) is 0.105. The number of amides is 1. The molecule has 4 rings (SSSR count). The van der Waals surface area contributed by atoms with E-state index in [0.29, 0.717) is 15.1 Å². The van der Waals surface area contributed by atoms with Crippen LogP contribution in [0.4, 0.5) is 0 Å². The lowest BCUT2D eigenvalue weighted by Crippen LogP contribution is -2.35. The van der Waals surface area contributed by atoms with Crippen LogP contribution in [0.5, 0.6) is 11.5 Å². The number of rotatable bonds is 5. The monoisotopic (exact) mass is 535 g/mol. The second kappa shape index (κ2) is 8.48. The molecule has 2 aliphatic rings. The Hall–Kier alpha value is -3.03. The number of thioether (sulfide) groups is 1. The smallest absolute Gasteiger partial charge is 0.306 e. The molecule has 1 aromatic carbocycles. The number of benzene rings is 1. The number of aromatic nitrogens is 1. The van der Waals surface area contributed by atoms with E-state index in [0.717, 1.165) is 11.8 Å². The number of pyridine rings is 1. The first-order valence-electron chi connectivity index (χ1n) is 8.84. The third kappa shape index (κ3) is 4.45. The maximum atomic E-state index is 12.6. The van der Waals surface area contributed by atoms with E-state index >= 15 is 0 Å². The van der Waals surface area contributed by atoms with Crippen molar-refractivity contribution in [2.45, 2.75) is 0 Å². The first-order valence-corrected chi connectivity index (χ1v) is 12.3. The maximum absolute atomic E-state index is 12.6. The Morgan fingerprint density at radius 2 is 2.09 bits per heavy atom. The molecule has 0 aliphatic carbocycles. The zero-order valence-electron chi connectivity index (χ0n) is 16.6. The lowest BCUT2D eigenvalue weighted by Gasteiger charge is -2.20. The highest BCUT2D eigenvalue weighted by atomic mass is 79.9. The second-order valence-electron chi connectivity index (χ2n) is 6.49. The molecule has 1 amide bonds. The summed E-state index contributed by atoms with van der Waals surface area (Å²) in [5.74, 6) is -0.630. The van der Waals surface area contributed by atoms with Gasteiger partial charge in [-0.25, -0.2) is 0 Å². The van der Waals surface area contributed by atoms with Crippen LogP contribution in [-0.2, 0) is 14.9 Å². The van der Waals surface area contributed by atoms with Crippen LogP contribution in [0.25, 0.3) is 6.08 Å². The number of carbonyl (C=O) groups is 1. The van der Waals surface area contributed by atoms with E-state index < -0.39 is 16.0 Å². The van der Waals surface area contributed by atoms with Crippen LogP contribution in [0.3, 0.4) is 0 Å². The van der Waals surface area contributed by atoms with Crippen molar-refractivity contribution in [2.75, 3.05) is 13.4 Å². The van der Waals surface area contributed by atoms with Crippen molar-refractivity contribution in [2.24, 2.45) is 10.1 Å². The summed E-state index contributed by atoms with van der Waals surface area (Å²) < 4.78 is 33.5. The number of fused-ring (bicyclic) bond motifs is 1. The Balaban J connectivity index is 1.70. The quantitative estimate of drug-likeness (QED) is 0.456. The summed E-state index contributed by atoms with van der Waals surface area (Å²) in [5, 5.41) is 15.0. The van der Waals surface area contributed by atoms with Gasteiger partial charge in [0.25, 0.3) is 5.91 Å². The van der Waals surface area contributed by atoms with Gasteiger partial charge in [-0.2, -0.15) is 23.5 Å². The second-order valence-corrected chi connectivity index (χ2v) is 9.87. The van der Waals surface area contributed by atoms with Gasteiger partial charge in [-0.1, -0.05) is 0 Å². The minimum Gasteiger partial charge on any atom is -0.493 e. The minimum atomic E-state index is -3.79. The van der Waals surface area contributed by atoms with Crippen molar-refractivity contribution in [1.29, 1.82) is 5.41 Å². The number of halogens is 1. The highest BCUT2D eigenvalue weighted by Gasteiger charge is 2.36. The molecule has 1 N–H and O–H groups in total. The van der Waals surface area contributed by atoms with E-state index in [2.05, 4.69) is 31.0 Å². The number of nitrogens with zero attached hydrogens (tertiary/aromatic N) is 4. The SMILES string of the molecule is COc1cc(/C=C2/C(=N)N3N=C(c4cccnc4)SC3=NC2=O)cc(Br)c1OS(C)(=O)=O. The number of aliphatic imine (C=N–C) groups is 1. The molecular weight excluding hydrogens is 522 g/mol. The number of amidine groups is 2. The molecule has 164 valence electrons. The predicted octanol–water partition coefficient (Wildman–Crippen LogP) is 2.86. The molecule has 32 heavy (non-hydrogen) atoms. The molecule has 0 saturated carbocycles. The van der Waals surface area contributed by atoms with Gasteiger partial charge < -0.3 is 8.92 Å². The van der Waals surface area contributed by atoms with Crippen molar-refractivity contribution < 1.29 is 22.1 Å².